The van der Waals surface area contributed by atoms with Gasteiger partial charge in [-0.3, -0.25) is 4.79 Å². The Labute approximate surface area is 221 Å². The largest absolute Gasteiger partial charge is 0.453 e. The van der Waals surface area contributed by atoms with E-state index in [1.54, 1.807) is 0 Å². The molecule has 4 aromatic rings. The molecule has 0 spiro atoms. The van der Waals surface area contributed by atoms with Gasteiger partial charge in [0.25, 0.3) is 0 Å². The van der Waals surface area contributed by atoms with Crippen LogP contribution in [0.5, 0.6) is 0 Å². The molecule has 1 saturated heterocycles. The zero-order valence-electron chi connectivity index (χ0n) is 22.2. The fourth-order valence-electron chi connectivity index (χ4n) is 5.30. The van der Waals surface area contributed by atoms with Crippen LogP contribution in [-0.2, 0) is 15.1 Å². The maximum Gasteiger partial charge on any atom is 0.407 e. The smallest absolute Gasteiger partial charge is 0.407 e. The van der Waals surface area contributed by atoms with Gasteiger partial charge in [0.1, 0.15) is 11.9 Å². The van der Waals surface area contributed by atoms with Gasteiger partial charge in [0.2, 0.25) is 5.91 Å². The number of ether oxygens (including phenoxy) is 1. The number of fused-ring (bicyclic) bond motifs is 1. The molecule has 5 rings (SSSR count). The number of methoxy groups -OCH3 is 1. The van der Waals surface area contributed by atoms with E-state index in [9.17, 15) is 9.59 Å². The molecule has 2 amide bonds. The summed E-state index contributed by atoms with van der Waals surface area (Å²) >= 11 is 0. The van der Waals surface area contributed by atoms with E-state index in [4.69, 9.17) is 15.5 Å². The van der Waals surface area contributed by atoms with E-state index >= 15 is 0 Å². The Hall–Kier alpha value is -4.27. The van der Waals surface area contributed by atoms with Crippen molar-refractivity contribution in [2.75, 3.05) is 19.4 Å². The summed E-state index contributed by atoms with van der Waals surface area (Å²) in [5.74, 6) is 0.510. The van der Waals surface area contributed by atoms with Crippen LogP contribution >= 0.6 is 0 Å². The maximum atomic E-state index is 13.6. The lowest BCUT2D eigenvalue weighted by atomic mass is 9.95. The quantitative estimate of drug-likeness (QED) is 0.268. The Balaban J connectivity index is 1.37. The molecule has 0 radical (unpaired) electrons. The first kappa shape index (κ1) is 25.4. The minimum absolute atomic E-state index is 0.0910. The summed E-state index contributed by atoms with van der Waals surface area (Å²) in [5.41, 5.74) is 11.0. The van der Waals surface area contributed by atoms with Crippen LogP contribution in [0, 0.1) is 5.92 Å². The molecule has 3 heterocycles. The minimum atomic E-state index is -0.678. The van der Waals surface area contributed by atoms with Crippen molar-refractivity contribution in [3.8, 4) is 22.5 Å². The molecule has 1 aliphatic rings. The van der Waals surface area contributed by atoms with Crippen LogP contribution in [0.25, 0.3) is 33.4 Å². The van der Waals surface area contributed by atoms with Gasteiger partial charge in [-0.25, -0.2) is 9.78 Å². The highest BCUT2D eigenvalue weighted by atomic mass is 16.5. The predicted octanol–water partition coefficient (Wildman–Crippen LogP) is 5.03. The molecule has 0 saturated carbocycles. The Bertz CT molecular complexity index is 1470. The summed E-state index contributed by atoms with van der Waals surface area (Å²) in [6.07, 6.45) is 2.90. The van der Waals surface area contributed by atoms with E-state index in [1.807, 2.05) is 62.2 Å². The number of aromatic nitrogens is 3. The number of alkyl carbamates (subject to hydrolysis) is 1. The Morgan fingerprint density at radius 1 is 1.13 bits per heavy atom. The zero-order chi connectivity index (χ0) is 27.0. The highest BCUT2D eigenvalue weighted by Crippen LogP contribution is 2.39. The number of benzene rings is 2. The van der Waals surface area contributed by atoms with Crippen LogP contribution in [0.15, 0.2) is 54.7 Å². The Morgan fingerprint density at radius 3 is 2.58 bits per heavy atom. The molecule has 0 unspecified atom stereocenters. The summed E-state index contributed by atoms with van der Waals surface area (Å²) < 4.78 is 4.74. The highest BCUT2D eigenvalue weighted by Gasteiger charge is 2.46. The molecule has 38 heavy (non-hydrogen) atoms. The van der Waals surface area contributed by atoms with Crippen LogP contribution in [0.1, 0.15) is 39.4 Å². The van der Waals surface area contributed by atoms with E-state index < -0.39 is 17.7 Å². The van der Waals surface area contributed by atoms with Crippen LogP contribution < -0.4 is 11.1 Å². The van der Waals surface area contributed by atoms with Gasteiger partial charge >= 0.3 is 6.09 Å². The van der Waals surface area contributed by atoms with Gasteiger partial charge in [-0.2, -0.15) is 0 Å². The SMILES string of the molecule is COC(=O)N[C@H](C(=O)N1CCC[C@@]1(C)c1nc(-c2ccc(-c3cc4cc(N)ccc4[nH]3)cc2)c[nH]1)C(C)C. The van der Waals surface area contributed by atoms with Crippen LogP contribution in [0.3, 0.4) is 0 Å². The van der Waals surface area contributed by atoms with Gasteiger partial charge in [0, 0.05) is 40.6 Å². The first-order chi connectivity index (χ1) is 18.2. The molecular formula is C29H34N6O3. The van der Waals surface area contributed by atoms with Crippen LogP contribution in [0.4, 0.5) is 10.5 Å². The number of aromatic amines is 2. The Kier molecular flexibility index (Phi) is 6.60. The number of nitrogen functional groups attached to an aromatic ring is 1. The average molecular weight is 515 g/mol. The monoisotopic (exact) mass is 514 g/mol. The number of hydrogen-bond donors (Lipinski definition) is 4. The molecule has 9 nitrogen and oxygen atoms in total. The van der Waals surface area contributed by atoms with E-state index in [0.717, 1.165) is 57.8 Å². The average Bonchev–Trinajstić information content (AvgIpc) is 3.65. The van der Waals surface area contributed by atoms with Crippen molar-refractivity contribution in [1.29, 1.82) is 0 Å². The number of rotatable bonds is 6. The van der Waals surface area contributed by atoms with Gasteiger partial charge in [-0.1, -0.05) is 38.1 Å². The number of nitrogens with one attached hydrogen (secondary N) is 3. The molecule has 1 fully saturated rings. The van der Waals surface area contributed by atoms with Crippen molar-refractivity contribution in [2.45, 2.75) is 45.2 Å². The number of H-pyrrole nitrogens is 2. The van der Waals surface area contributed by atoms with Gasteiger partial charge in [-0.15, -0.1) is 0 Å². The number of hydrogen-bond acceptors (Lipinski definition) is 5. The Morgan fingerprint density at radius 2 is 1.87 bits per heavy atom. The van der Waals surface area contributed by atoms with Crippen molar-refractivity contribution >= 4 is 28.6 Å². The lowest BCUT2D eigenvalue weighted by Gasteiger charge is -2.37. The predicted molar refractivity (Wildman–Crippen MR) is 148 cm³/mol. The minimum Gasteiger partial charge on any atom is -0.453 e. The lowest BCUT2D eigenvalue weighted by Crippen LogP contribution is -2.55. The summed E-state index contributed by atoms with van der Waals surface area (Å²) in [5, 5.41) is 3.78. The van der Waals surface area contributed by atoms with Crippen molar-refractivity contribution in [3.05, 3.63) is 60.6 Å². The van der Waals surface area contributed by atoms with E-state index in [1.165, 1.54) is 7.11 Å². The molecule has 0 bridgehead atoms. The number of nitrogens with two attached hydrogens (primary N) is 1. The number of carbonyl (C=O) groups excluding carboxylic acids is 2. The van der Waals surface area contributed by atoms with Crippen molar-refractivity contribution < 1.29 is 14.3 Å². The summed E-state index contributed by atoms with van der Waals surface area (Å²) in [7, 11) is 1.30. The number of imidazole rings is 1. The first-order valence-corrected chi connectivity index (χ1v) is 12.9. The third-order valence-corrected chi connectivity index (χ3v) is 7.52. The molecule has 1 aliphatic heterocycles. The fourth-order valence-corrected chi connectivity index (χ4v) is 5.30. The second-order valence-corrected chi connectivity index (χ2v) is 10.5. The van der Waals surface area contributed by atoms with Gasteiger partial charge in [0.15, 0.2) is 0 Å². The third-order valence-electron chi connectivity index (χ3n) is 7.52. The summed E-state index contributed by atoms with van der Waals surface area (Å²) in [6, 6.07) is 15.5. The van der Waals surface area contributed by atoms with Gasteiger partial charge in [0.05, 0.1) is 18.3 Å². The van der Waals surface area contributed by atoms with Crippen molar-refractivity contribution in [3.63, 3.8) is 0 Å². The molecule has 2 atom stereocenters. The lowest BCUT2D eigenvalue weighted by molar-refractivity contribution is -0.138. The van der Waals surface area contributed by atoms with E-state index in [0.29, 0.717) is 6.54 Å². The molecule has 0 aliphatic carbocycles. The maximum absolute atomic E-state index is 13.6. The topological polar surface area (TPSA) is 129 Å². The van der Waals surface area contributed by atoms with Crippen LogP contribution in [-0.4, -0.2) is 51.5 Å². The number of likely N-dealkylation sites (tertiary alicyclic amines) is 1. The van der Waals surface area contributed by atoms with E-state index in [-0.39, 0.29) is 11.8 Å². The van der Waals surface area contributed by atoms with Crippen molar-refractivity contribution in [2.24, 2.45) is 5.92 Å². The number of carbonyl (C=O) groups is 2. The molecular weight excluding hydrogens is 480 g/mol. The third kappa shape index (κ3) is 4.60. The van der Waals surface area contributed by atoms with Crippen molar-refractivity contribution in [1.82, 2.24) is 25.2 Å². The normalized spacial score (nSPS) is 18.2. The second kappa shape index (κ2) is 9.89. The number of anilines is 1. The molecule has 5 N–H and O–H groups in total. The standard InChI is InChI=1S/C29H34N6O3/c1-17(2)25(34-28(37)38-4)26(36)35-13-5-12-29(35,3)27-31-16-24(33-27)19-8-6-18(7-9-19)23-15-20-14-21(30)10-11-22(20)32-23/h6-11,14-17,25,32H,5,12-13,30H2,1-4H3,(H,31,33)(H,34,37)/t25-,29-/m0/s1. The molecule has 198 valence electrons. The number of nitrogens with zero attached hydrogens (tertiary/aromatic N) is 2. The first-order valence-electron chi connectivity index (χ1n) is 12.9. The van der Waals surface area contributed by atoms with Gasteiger partial charge in [-0.05, 0) is 55.5 Å². The molecule has 2 aromatic carbocycles. The number of amides is 2. The molecule has 9 heteroatoms. The fraction of sp³-hybridized carbons (Fsp3) is 0.345. The van der Waals surface area contributed by atoms with Crippen LogP contribution in [0.2, 0.25) is 0 Å². The summed E-state index contributed by atoms with van der Waals surface area (Å²) in [4.78, 5) is 39.0. The van der Waals surface area contributed by atoms with Gasteiger partial charge < -0.3 is 30.7 Å². The summed E-state index contributed by atoms with van der Waals surface area (Å²) in [6.45, 7) is 6.45. The van der Waals surface area contributed by atoms with E-state index in [2.05, 4.69) is 33.5 Å². The second-order valence-electron chi connectivity index (χ2n) is 10.5. The zero-order valence-corrected chi connectivity index (χ0v) is 22.2. The molecule has 2 aromatic heterocycles. The highest BCUT2D eigenvalue weighted by molar-refractivity contribution is 5.88.